The van der Waals surface area contributed by atoms with Crippen LogP contribution in [0.5, 0.6) is 0 Å². The number of likely N-dealkylation sites (tertiary alicyclic amines) is 1. The molecular formula is C14H17ClN3O2S+. The highest BCUT2D eigenvalue weighted by Crippen LogP contribution is 2.20. The number of halogens is 1. The predicted octanol–water partition coefficient (Wildman–Crippen LogP) is 1.52. The van der Waals surface area contributed by atoms with E-state index in [1.54, 1.807) is 16.8 Å². The van der Waals surface area contributed by atoms with Crippen LogP contribution in [0.15, 0.2) is 28.7 Å². The van der Waals surface area contributed by atoms with E-state index in [9.17, 15) is 5.11 Å². The van der Waals surface area contributed by atoms with Crippen molar-refractivity contribution < 1.29 is 14.4 Å². The number of nitrogens with one attached hydrogen (secondary N) is 1. The van der Waals surface area contributed by atoms with Crippen molar-refractivity contribution in [2.45, 2.75) is 25.6 Å². The average Bonchev–Trinajstić information content (AvgIpc) is 2.81. The average molecular weight is 327 g/mol. The maximum Gasteiger partial charge on any atom is 0.292 e. The van der Waals surface area contributed by atoms with Crippen LogP contribution in [0, 0.1) is 4.84 Å². The summed E-state index contributed by atoms with van der Waals surface area (Å²) in [6, 6.07) is 7.29. The third kappa shape index (κ3) is 3.52. The van der Waals surface area contributed by atoms with Gasteiger partial charge in [0, 0.05) is 10.6 Å². The molecule has 1 aliphatic rings. The Bertz CT molecular complexity index is 668. The standard InChI is InChI=1S/C14H16ClN3O2S/c15-11-5-3-10(4-6-11)13-16-18(14(21)20-13)9-17-7-1-2-12(19)8-17/h3-6,12,19H,1-2,7-9H2/p+1/t12-/m1/s1. The molecule has 5 nitrogen and oxygen atoms in total. The fourth-order valence-corrected chi connectivity index (χ4v) is 2.91. The van der Waals surface area contributed by atoms with Crippen LogP contribution in [0.25, 0.3) is 11.5 Å². The van der Waals surface area contributed by atoms with Gasteiger partial charge in [-0.2, -0.15) is 4.68 Å². The fraction of sp³-hybridized carbons (Fsp3) is 0.429. The van der Waals surface area contributed by atoms with E-state index in [4.69, 9.17) is 28.2 Å². The summed E-state index contributed by atoms with van der Waals surface area (Å²) in [7, 11) is 0. The van der Waals surface area contributed by atoms with Crippen LogP contribution in [-0.4, -0.2) is 34.1 Å². The van der Waals surface area contributed by atoms with Crippen molar-refractivity contribution >= 4 is 23.8 Å². The second-order valence-electron chi connectivity index (χ2n) is 5.34. The summed E-state index contributed by atoms with van der Waals surface area (Å²) in [5, 5.41) is 14.8. The van der Waals surface area contributed by atoms with Gasteiger partial charge < -0.3 is 14.4 Å². The first kappa shape index (κ1) is 14.7. The van der Waals surface area contributed by atoms with Crippen molar-refractivity contribution in [2.75, 3.05) is 13.1 Å². The van der Waals surface area contributed by atoms with Crippen molar-refractivity contribution in [3.8, 4) is 11.5 Å². The van der Waals surface area contributed by atoms with E-state index in [0.29, 0.717) is 22.4 Å². The second kappa shape index (κ2) is 6.27. The largest absolute Gasteiger partial charge is 0.409 e. The van der Waals surface area contributed by atoms with Crippen molar-refractivity contribution in [2.24, 2.45) is 0 Å². The zero-order valence-electron chi connectivity index (χ0n) is 11.5. The number of benzene rings is 1. The highest BCUT2D eigenvalue weighted by atomic mass is 35.5. The normalized spacial score (nSPS) is 22.4. The van der Waals surface area contributed by atoms with E-state index in [-0.39, 0.29) is 6.10 Å². The molecule has 0 saturated carbocycles. The molecule has 1 aromatic carbocycles. The number of hydrogen-bond acceptors (Lipinski definition) is 4. The monoisotopic (exact) mass is 326 g/mol. The molecule has 7 heteroatoms. The van der Waals surface area contributed by atoms with Gasteiger partial charge in [-0.1, -0.05) is 11.6 Å². The summed E-state index contributed by atoms with van der Waals surface area (Å²) in [6.07, 6.45) is 1.67. The lowest BCUT2D eigenvalue weighted by Crippen LogP contribution is -3.13. The lowest BCUT2D eigenvalue weighted by Gasteiger charge is -2.26. The van der Waals surface area contributed by atoms with Crippen LogP contribution in [0.3, 0.4) is 0 Å². The molecule has 0 radical (unpaired) electrons. The third-order valence-corrected chi connectivity index (χ3v) is 4.21. The molecule has 0 bridgehead atoms. The van der Waals surface area contributed by atoms with Gasteiger partial charge in [0.25, 0.3) is 4.84 Å². The number of piperidine rings is 1. The van der Waals surface area contributed by atoms with Crippen molar-refractivity contribution in [1.29, 1.82) is 0 Å². The van der Waals surface area contributed by atoms with Crippen LogP contribution in [0.1, 0.15) is 12.8 Å². The highest BCUT2D eigenvalue weighted by molar-refractivity contribution is 7.71. The van der Waals surface area contributed by atoms with Gasteiger partial charge in [-0.3, -0.25) is 0 Å². The molecule has 1 saturated heterocycles. The molecule has 2 atom stereocenters. The molecule has 112 valence electrons. The van der Waals surface area contributed by atoms with Crippen LogP contribution in [0.4, 0.5) is 0 Å². The molecule has 2 aromatic rings. The van der Waals surface area contributed by atoms with Gasteiger partial charge in [0.15, 0.2) is 6.67 Å². The molecule has 0 amide bonds. The first-order chi connectivity index (χ1) is 10.1. The SMILES string of the molecule is O[C@@H]1CCC[NH+](Cn2nc(-c3ccc(Cl)cc3)oc2=S)C1. The summed E-state index contributed by atoms with van der Waals surface area (Å²) in [5.41, 5.74) is 0.845. The third-order valence-electron chi connectivity index (χ3n) is 3.66. The zero-order valence-corrected chi connectivity index (χ0v) is 13.0. The number of nitrogens with zero attached hydrogens (tertiary/aromatic N) is 2. The maximum absolute atomic E-state index is 9.72. The van der Waals surface area contributed by atoms with E-state index < -0.39 is 0 Å². The van der Waals surface area contributed by atoms with E-state index >= 15 is 0 Å². The lowest BCUT2D eigenvalue weighted by atomic mass is 10.1. The zero-order chi connectivity index (χ0) is 14.8. The number of aliphatic hydroxyl groups is 1. The molecule has 1 unspecified atom stereocenters. The van der Waals surface area contributed by atoms with Gasteiger partial charge in [0.1, 0.15) is 12.6 Å². The summed E-state index contributed by atoms with van der Waals surface area (Å²) in [5.74, 6) is 0.494. The Morgan fingerprint density at radius 1 is 1.43 bits per heavy atom. The van der Waals surface area contributed by atoms with Gasteiger partial charge >= 0.3 is 0 Å². The summed E-state index contributed by atoms with van der Waals surface area (Å²) in [6.45, 7) is 2.36. The summed E-state index contributed by atoms with van der Waals surface area (Å²) in [4.78, 5) is 1.62. The van der Waals surface area contributed by atoms with Crippen LogP contribution in [-0.2, 0) is 6.67 Å². The molecule has 2 N–H and O–H groups in total. The van der Waals surface area contributed by atoms with Gasteiger partial charge in [-0.05, 0) is 49.3 Å². The number of aliphatic hydroxyl groups excluding tert-OH is 1. The maximum atomic E-state index is 9.72. The number of quaternary nitrogens is 1. The molecule has 21 heavy (non-hydrogen) atoms. The smallest absolute Gasteiger partial charge is 0.292 e. The van der Waals surface area contributed by atoms with Gasteiger partial charge in [0.05, 0.1) is 6.54 Å². The van der Waals surface area contributed by atoms with Gasteiger partial charge in [-0.25, -0.2) is 0 Å². The molecule has 0 aliphatic carbocycles. The van der Waals surface area contributed by atoms with Crippen LogP contribution >= 0.6 is 23.8 Å². The molecular weight excluding hydrogens is 310 g/mol. The van der Waals surface area contributed by atoms with Crippen LogP contribution < -0.4 is 4.90 Å². The molecule has 2 heterocycles. The fourth-order valence-electron chi connectivity index (χ4n) is 2.60. The Balaban J connectivity index is 1.78. The topological polar surface area (TPSA) is 55.6 Å². The van der Waals surface area contributed by atoms with Crippen molar-refractivity contribution in [3.05, 3.63) is 34.1 Å². The first-order valence-electron chi connectivity index (χ1n) is 6.97. The van der Waals surface area contributed by atoms with Crippen molar-refractivity contribution in [1.82, 2.24) is 9.78 Å². The Hall–Kier alpha value is -1.21. The minimum atomic E-state index is -0.231. The van der Waals surface area contributed by atoms with E-state index in [0.717, 1.165) is 31.5 Å². The minimum absolute atomic E-state index is 0.231. The Morgan fingerprint density at radius 2 is 2.19 bits per heavy atom. The number of hydrogen-bond donors (Lipinski definition) is 2. The summed E-state index contributed by atoms with van der Waals surface area (Å²) >= 11 is 11.1. The van der Waals surface area contributed by atoms with E-state index in [2.05, 4.69) is 5.10 Å². The summed E-state index contributed by atoms with van der Waals surface area (Å²) < 4.78 is 7.24. The Morgan fingerprint density at radius 3 is 2.90 bits per heavy atom. The van der Waals surface area contributed by atoms with Gasteiger partial charge in [0.2, 0.25) is 5.89 Å². The number of rotatable bonds is 3. The van der Waals surface area contributed by atoms with E-state index in [1.807, 2.05) is 12.1 Å². The molecule has 1 fully saturated rings. The van der Waals surface area contributed by atoms with Crippen LogP contribution in [0.2, 0.25) is 5.02 Å². The second-order valence-corrected chi connectivity index (χ2v) is 6.12. The predicted molar refractivity (Wildman–Crippen MR) is 81.7 cm³/mol. The lowest BCUT2D eigenvalue weighted by molar-refractivity contribution is -0.931. The molecule has 3 rings (SSSR count). The minimum Gasteiger partial charge on any atom is -0.409 e. The Kier molecular flexibility index (Phi) is 4.40. The molecule has 1 aromatic heterocycles. The molecule has 1 aliphatic heterocycles. The quantitative estimate of drug-likeness (QED) is 0.840. The Labute approximate surface area is 132 Å². The van der Waals surface area contributed by atoms with Crippen molar-refractivity contribution in [3.63, 3.8) is 0 Å². The first-order valence-corrected chi connectivity index (χ1v) is 7.76. The molecule has 0 spiro atoms. The van der Waals surface area contributed by atoms with Gasteiger partial charge in [-0.15, -0.1) is 5.10 Å². The van der Waals surface area contributed by atoms with E-state index in [1.165, 1.54) is 4.90 Å². The highest BCUT2D eigenvalue weighted by Gasteiger charge is 2.22. The number of aromatic nitrogens is 2.